The fraction of sp³-hybridized carbons (Fsp3) is 0.500. The van der Waals surface area contributed by atoms with Crippen LogP contribution in [0, 0.1) is 6.92 Å². The summed E-state index contributed by atoms with van der Waals surface area (Å²) in [5.41, 5.74) is 4.37. The highest BCUT2D eigenvalue weighted by Gasteiger charge is 2.27. The predicted molar refractivity (Wildman–Crippen MR) is 65.0 cm³/mol. The number of fused-ring (bicyclic) bond motifs is 1. The number of anilines is 1. The van der Waals surface area contributed by atoms with Crippen molar-refractivity contribution in [2.24, 2.45) is 0 Å². The maximum atomic E-state index is 3.57. The molecular formula is C12H16BrN. The molecule has 2 heteroatoms. The molecule has 1 N–H and O–H groups in total. The highest BCUT2D eigenvalue weighted by molar-refractivity contribution is 9.10. The molecule has 0 aromatic heterocycles. The first-order valence-corrected chi connectivity index (χ1v) is 5.84. The van der Waals surface area contributed by atoms with E-state index in [9.17, 15) is 0 Å². The van der Waals surface area contributed by atoms with E-state index < -0.39 is 0 Å². The zero-order chi connectivity index (χ0) is 10.3. The van der Waals surface area contributed by atoms with Crippen molar-refractivity contribution in [1.82, 2.24) is 0 Å². The molecule has 76 valence electrons. The van der Waals surface area contributed by atoms with Crippen LogP contribution in [-0.4, -0.2) is 6.54 Å². The van der Waals surface area contributed by atoms with E-state index >= 15 is 0 Å². The van der Waals surface area contributed by atoms with Gasteiger partial charge in [-0.2, -0.15) is 0 Å². The third kappa shape index (κ3) is 1.56. The van der Waals surface area contributed by atoms with Gasteiger partial charge in [-0.25, -0.2) is 0 Å². The van der Waals surface area contributed by atoms with Gasteiger partial charge in [-0.05, 0) is 36.0 Å². The Kier molecular flexibility index (Phi) is 2.34. The van der Waals surface area contributed by atoms with Gasteiger partial charge in [-0.3, -0.25) is 0 Å². The average molecular weight is 254 g/mol. The van der Waals surface area contributed by atoms with Crippen LogP contribution in [0.5, 0.6) is 0 Å². The minimum atomic E-state index is 0.312. The van der Waals surface area contributed by atoms with Crippen LogP contribution < -0.4 is 5.32 Å². The molecule has 0 radical (unpaired) electrons. The standard InChI is InChI=1S/C12H16BrN/c1-8-6-9-11(7-10(8)13)14-5-4-12(9,2)3/h6-7,14H,4-5H2,1-3H3. The van der Waals surface area contributed by atoms with Gasteiger partial charge in [-0.1, -0.05) is 35.8 Å². The summed E-state index contributed by atoms with van der Waals surface area (Å²) < 4.78 is 1.20. The van der Waals surface area contributed by atoms with Crippen LogP contribution in [0.15, 0.2) is 16.6 Å². The van der Waals surface area contributed by atoms with Crippen molar-refractivity contribution in [2.75, 3.05) is 11.9 Å². The first-order valence-electron chi connectivity index (χ1n) is 5.05. The molecule has 0 fully saturated rings. The summed E-state index contributed by atoms with van der Waals surface area (Å²) in [5.74, 6) is 0. The molecule has 0 unspecified atom stereocenters. The Morgan fingerprint density at radius 1 is 1.36 bits per heavy atom. The average Bonchev–Trinajstić information content (AvgIpc) is 2.08. The number of rotatable bonds is 0. The summed E-state index contributed by atoms with van der Waals surface area (Å²) in [4.78, 5) is 0. The van der Waals surface area contributed by atoms with E-state index in [1.807, 2.05) is 0 Å². The predicted octanol–water partition coefficient (Wildman–Crippen LogP) is 3.85. The normalized spacial score (nSPS) is 18.6. The molecule has 1 heterocycles. The third-order valence-electron chi connectivity index (χ3n) is 3.09. The lowest BCUT2D eigenvalue weighted by Crippen LogP contribution is -2.28. The second kappa shape index (κ2) is 3.27. The van der Waals surface area contributed by atoms with Gasteiger partial charge in [0.15, 0.2) is 0 Å². The van der Waals surface area contributed by atoms with E-state index in [0.717, 1.165) is 6.54 Å². The van der Waals surface area contributed by atoms with Crippen molar-refractivity contribution >= 4 is 21.6 Å². The molecule has 0 spiro atoms. The highest BCUT2D eigenvalue weighted by Crippen LogP contribution is 2.39. The third-order valence-corrected chi connectivity index (χ3v) is 3.95. The lowest BCUT2D eigenvalue weighted by molar-refractivity contribution is 0.481. The minimum Gasteiger partial charge on any atom is -0.385 e. The zero-order valence-electron chi connectivity index (χ0n) is 8.95. The largest absolute Gasteiger partial charge is 0.385 e. The van der Waals surface area contributed by atoms with E-state index in [1.165, 1.54) is 27.7 Å². The number of nitrogens with one attached hydrogen (secondary N) is 1. The fourth-order valence-corrected chi connectivity index (χ4v) is 2.38. The second-order valence-electron chi connectivity index (χ2n) is 4.71. The Balaban J connectivity index is 2.59. The van der Waals surface area contributed by atoms with Crippen LogP contribution in [0.2, 0.25) is 0 Å². The fourth-order valence-electron chi connectivity index (χ4n) is 2.03. The van der Waals surface area contributed by atoms with Crippen LogP contribution in [0.1, 0.15) is 31.4 Å². The summed E-state index contributed by atoms with van der Waals surface area (Å²) >= 11 is 3.57. The Hall–Kier alpha value is -0.500. The Morgan fingerprint density at radius 3 is 2.79 bits per heavy atom. The molecule has 0 amide bonds. The van der Waals surface area contributed by atoms with Crippen molar-refractivity contribution in [3.63, 3.8) is 0 Å². The number of benzene rings is 1. The molecular weight excluding hydrogens is 238 g/mol. The van der Waals surface area contributed by atoms with Crippen molar-refractivity contribution in [2.45, 2.75) is 32.6 Å². The molecule has 0 saturated carbocycles. The Labute approximate surface area is 94.0 Å². The first kappa shape index (κ1) is 10.0. The summed E-state index contributed by atoms with van der Waals surface area (Å²) in [6.45, 7) is 7.87. The molecule has 0 aliphatic carbocycles. The van der Waals surface area contributed by atoms with Crippen molar-refractivity contribution in [3.8, 4) is 0 Å². The summed E-state index contributed by atoms with van der Waals surface area (Å²) in [6, 6.07) is 4.50. The van der Waals surface area contributed by atoms with Crippen LogP contribution in [0.4, 0.5) is 5.69 Å². The first-order chi connectivity index (χ1) is 6.50. The summed E-state index contributed by atoms with van der Waals surface area (Å²) in [6.07, 6.45) is 1.21. The van der Waals surface area contributed by atoms with Gasteiger partial charge in [0.1, 0.15) is 0 Å². The SMILES string of the molecule is Cc1cc2c(cc1Br)NCCC2(C)C. The number of halogens is 1. The molecule has 1 nitrogen and oxygen atoms in total. The molecule has 1 aliphatic rings. The quantitative estimate of drug-likeness (QED) is 0.741. The number of hydrogen-bond acceptors (Lipinski definition) is 1. The minimum absolute atomic E-state index is 0.312. The van der Waals surface area contributed by atoms with E-state index in [-0.39, 0.29) is 0 Å². The van der Waals surface area contributed by atoms with Gasteiger partial charge in [0.25, 0.3) is 0 Å². The molecule has 1 aliphatic heterocycles. The summed E-state index contributed by atoms with van der Waals surface area (Å²) in [5, 5.41) is 3.46. The molecule has 1 aromatic carbocycles. The second-order valence-corrected chi connectivity index (χ2v) is 5.56. The van der Waals surface area contributed by atoms with E-state index in [2.05, 4.69) is 54.2 Å². The van der Waals surface area contributed by atoms with Gasteiger partial charge in [0.05, 0.1) is 0 Å². The van der Waals surface area contributed by atoms with Gasteiger partial charge < -0.3 is 5.32 Å². The Bertz CT molecular complexity index is 369. The maximum absolute atomic E-state index is 3.57. The molecule has 0 atom stereocenters. The molecule has 0 saturated heterocycles. The van der Waals surface area contributed by atoms with Crippen molar-refractivity contribution in [3.05, 3.63) is 27.7 Å². The lowest BCUT2D eigenvalue weighted by atomic mass is 9.78. The van der Waals surface area contributed by atoms with E-state index in [0.29, 0.717) is 5.41 Å². The van der Waals surface area contributed by atoms with Crippen LogP contribution in [-0.2, 0) is 5.41 Å². The Morgan fingerprint density at radius 2 is 2.07 bits per heavy atom. The lowest BCUT2D eigenvalue weighted by Gasteiger charge is -2.33. The van der Waals surface area contributed by atoms with Gasteiger partial charge in [0, 0.05) is 16.7 Å². The highest BCUT2D eigenvalue weighted by atomic mass is 79.9. The molecule has 14 heavy (non-hydrogen) atoms. The van der Waals surface area contributed by atoms with Crippen LogP contribution >= 0.6 is 15.9 Å². The number of hydrogen-bond donors (Lipinski definition) is 1. The van der Waals surface area contributed by atoms with E-state index in [1.54, 1.807) is 0 Å². The van der Waals surface area contributed by atoms with Gasteiger partial charge >= 0.3 is 0 Å². The summed E-state index contributed by atoms with van der Waals surface area (Å²) in [7, 11) is 0. The van der Waals surface area contributed by atoms with E-state index in [4.69, 9.17) is 0 Å². The smallest absolute Gasteiger partial charge is 0.0389 e. The monoisotopic (exact) mass is 253 g/mol. The van der Waals surface area contributed by atoms with Crippen molar-refractivity contribution in [1.29, 1.82) is 0 Å². The maximum Gasteiger partial charge on any atom is 0.0389 e. The van der Waals surface area contributed by atoms with Gasteiger partial charge in [0.2, 0.25) is 0 Å². The van der Waals surface area contributed by atoms with Crippen molar-refractivity contribution < 1.29 is 0 Å². The van der Waals surface area contributed by atoms with Crippen LogP contribution in [0.3, 0.4) is 0 Å². The molecule has 2 rings (SSSR count). The van der Waals surface area contributed by atoms with Crippen LogP contribution in [0.25, 0.3) is 0 Å². The number of aryl methyl sites for hydroxylation is 1. The topological polar surface area (TPSA) is 12.0 Å². The molecule has 1 aromatic rings. The molecule has 0 bridgehead atoms. The zero-order valence-corrected chi connectivity index (χ0v) is 10.5. The van der Waals surface area contributed by atoms with Gasteiger partial charge in [-0.15, -0.1) is 0 Å².